The minimum Gasteiger partial charge on any atom is 1.00 e. The zero-order valence-electron chi connectivity index (χ0n) is 36.1. The Kier molecular flexibility index (Phi) is 23.5. The fraction of sp³-hybridized carbons (Fsp3) is 0.333. The van der Waals surface area contributed by atoms with Crippen molar-refractivity contribution < 1.29 is 88.1 Å². The molecule has 0 saturated carbocycles. The molecule has 0 atom stereocenters. The molecule has 67 heavy (non-hydrogen) atoms. The molecule has 0 aliphatic rings. The summed E-state index contributed by atoms with van der Waals surface area (Å²) < 4.78 is 123. The second-order valence-electron chi connectivity index (χ2n) is 12.8. The molecule has 0 unspecified atom stereocenters. The first-order chi connectivity index (χ1) is 30.4. The number of halogens is 14. The molecule has 31 heteroatoms. The molecule has 0 bridgehead atoms. The number of hydrogen-bond acceptors (Lipinski definition) is 10. The number of pyridine rings is 3. The van der Waals surface area contributed by atoms with Gasteiger partial charge in [0.15, 0.2) is 15.3 Å². The number of thioether (sulfide) groups is 2. The molecule has 0 saturated heterocycles. The Morgan fingerprint density at radius 3 is 1.58 bits per heavy atom. The Morgan fingerprint density at radius 2 is 1.09 bits per heavy atom. The number of hydrogen-bond donors (Lipinski definition) is 0. The molecule has 354 valence electrons. The quantitative estimate of drug-likeness (QED) is 0.0704. The number of nitrogens with zero attached hydrogens (tertiary/aromatic N) is 13. The van der Waals surface area contributed by atoms with Crippen LogP contribution in [0, 0.1) is 10.0 Å². The average molecular weight is 1310 g/mol. The third kappa shape index (κ3) is 15.2. The van der Waals surface area contributed by atoms with Crippen molar-refractivity contribution in [3.8, 4) is 11.5 Å². The van der Waals surface area contributed by atoms with Gasteiger partial charge in [0, 0.05) is 34.5 Å². The summed E-state index contributed by atoms with van der Waals surface area (Å²) >= 11 is 13.2. The monoisotopic (exact) mass is 1310 g/mol. The number of imidazole rings is 5. The van der Waals surface area contributed by atoms with E-state index in [-0.39, 0.29) is 42.3 Å². The van der Waals surface area contributed by atoms with Crippen molar-refractivity contribution in [1.82, 2.24) is 62.7 Å². The van der Waals surface area contributed by atoms with Crippen LogP contribution in [0.4, 0.5) is 39.5 Å². The van der Waals surface area contributed by atoms with Crippen molar-refractivity contribution in [1.29, 1.82) is 0 Å². The van der Waals surface area contributed by atoms with Crippen LogP contribution >= 0.6 is 87.7 Å². The number of aromatic nitrogens is 13. The Bertz CT molecular complexity index is 2800. The average Bonchev–Trinajstić information content (AvgIpc) is 4.03. The molecule has 0 amide bonds. The van der Waals surface area contributed by atoms with E-state index in [1.54, 1.807) is 42.0 Å². The van der Waals surface area contributed by atoms with Crippen LogP contribution in [0.25, 0.3) is 44.6 Å². The van der Waals surface area contributed by atoms with Gasteiger partial charge in [-0.15, -0.1) is 23.5 Å². The van der Waals surface area contributed by atoms with Gasteiger partial charge in [0.2, 0.25) is 0 Å². The van der Waals surface area contributed by atoms with E-state index >= 15 is 0 Å². The zero-order valence-corrected chi connectivity index (χ0v) is 47.5. The Morgan fingerprint density at radius 1 is 0.642 bits per heavy atom. The van der Waals surface area contributed by atoms with Crippen molar-refractivity contribution >= 4 is 121 Å². The molecule has 13 nitrogen and oxygen atoms in total. The zero-order chi connectivity index (χ0) is 48.8. The Labute approximate surface area is 447 Å². The minimum atomic E-state index is -4.50. The number of fused-ring (bicyclic) bond motifs is 3. The van der Waals surface area contributed by atoms with Crippen LogP contribution in [0.5, 0.6) is 0 Å². The standard InChI is InChI=1S/C14H13BrF3N5S.C8H6F3N3.C8H5F3N3.C6H8BrIN2S.2ClH.Li.Zn/c1-4-24-12-10(21-13(15)23(12)3)11-20-7-5-9(14(16,17)18)19-6-8(7)22(11)2;2*1-14-4-13-5-2-7(8(9,10)11)12-3-6(5)14;1-3-11-5-4(8)9-6(7)10(5)2;;;;/h5-6H,4H2,1-3H3;2-4H,1H3;2-3H,1H3;3H2,1-2H3;2*1H;;/q;;-1;;;;+1;+2/p-2. The molecule has 8 heterocycles. The first-order valence-electron chi connectivity index (χ1n) is 18.0. The van der Waals surface area contributed by atoms with Gasteiger partial charge in [-0.05, 0) is 91.3 Å². The molecule has 0 N–H and O–H groups in total. The van der Waals surface area contributed by atoms with Gasteiger partial charge in [0.05, 0.1) is 40.8 Å². The van der Waals surface area contributed by atoms with Crippen LogP contribution in [0.15, 0.2) is 62.6 Å². The third-order valence-corrected chi connectivity index (χ3v) is 13.1. The van der Waals surface area contributed by atoms with E-state index in [0.717, 1.165) is 66.7 Å². The topological polar surface area (TPSA) is 128 Å². The second-order valence-corrected chi connectivity index (χ2v) is 17.7. The van der Waals surface area contributed by atoms with Gasteiger partial charge < -0.3 is 40.2 Å². The van der Waals surface area contributed by atoms with E-state index in [1.807, 2.05) is 37.3 Å². The fourth-order valence-electron chi connectivity index (χ4n) is 5.38. The van der Waals surface area contributed by atoms with Crippen LogP contribution in [-0.2, 0) is 71.1 Å². The van der Waals surface area contributed by atoms with Crippen molar-refractivity contribution in [2.45, 2.75) is 42.4 Å². The van der Waals surface area contributed by atoms with E-state index < -0.39 is 35.6 Å². The van der Waals surface area contributed by atoms with Crippen molar-refractivity contribution in [3.63, 3.8) is 0 Å². The van der Waals surface area contributed by atoms with Gasteiger partial charge in [0.1, 0.15) is 36.5 Å². The third-order valence-electron chi connectivity index (χ3n) is 8.50. The van der Waals surface area contributed by atoms with Crippen molar-refractivity contribution in [2.75, 3.05) is 11.5 Å². The summed E-state index contributed by atoms with van der Waals surface area (Å²) in [7, 11) is 13.7. The molecule has 0 radical (unpaired) electrons. The minimum absolute atomic E-state index is 0. The smallest absolute Gasteiger partial charge is 1.00 e. The van der Waals surface area contributed by atoms with Gasteiger partial charge in [-0.1, -0.05) is 30.9 Å². The van der Waals surface area contributed by atoms with E-state index in [9.17, 15) is 39.5 Å². The number of aryl methyl sites for hydroxylation is 3. The summed E-state index contributed by atoms with van der Waals surface area (Å²) in [6.45, 7) is 4.16. The van der Waals surface area contributed by atoms with E-state index in [1.165, 1.54) is 28.3 Å². The molecule has 8 aromatic rings. The largest absolute Gasteiger partial charge is 1.00 e. The SMILES string of the molecule is CCSc1c(-c2nc3cc(C(F)(F)F)ncc3n2C)nc(Br)n1C.CCSc1c(I)nc(Br)n1C.Cn1[c-]nc2cc(C(F)(F)F)ncc21.Cn1cnc2cc(C(F)(F)F)ncc21.[Cl-].[Cl][Zn+].[Li+]. The maximum atomic E-state index is 12.8. The summed E-state index contributed by atoms with van der Waals surface area (Å²) in [6, 6.07) is 2.81. The van der Waals surface area contributed by atoms with Gasteiger partial charge >= 0.3 is 64.4 Å². The van der Waals surface area contributed by atoms with Crippen LogP contribution in [0.1, 0.15) is 30.9 Å². The Balaban J connectivity index is 0.000000313. The van der Waals surface area contributed by atoms with E-state index in [0.29, 0.717) is 38.3 Å². The first kappa shape index (κ1) is 61.0. The van der Waals surface area contributed by atoms with Gasteiger partial charge in [-0.2, -0.15) is 39.5 Å². The molecule has 0 aliphatic carbocycles. The van der Waals surface area contributed by atoms with Gasteiger partial charge in [0.25, 0.3) is 0 Å². The normalized spacial score (nSPS) is 11.4. The molecule has 0 aromatic carbocycles. The Hall–Kier alpha value is -2.16. The summed E-state index contributed by atoms with van der Waals surface area (Å²) in [5, 5.41) is 2.13. The first-order valence-corrected chi connectivity index (χ1v) is 26.5. The molecule has 0 fully saturated rings. The number of rotatable bonds is 5. The summed E-state index contributed by atoms with van der Waals surface area (Å²) in [5.74, 6) is 2.42. The van der Waals surface area contributed by atoms with E-state index in [4.69, 9.17) is 9.69 Å². The van der Waals surface area contributed by atoms with Gasteiger partial charge in [-0.3, -0.25) is 4.98 Å². The second kappa shape index (κ2) is 25.8. The summed E-state index contributed by atoms with van der Waals surface area (Å²) in [6.07, 6.45) is -5.86. The van der Waals surface area contributed by atoms with Crippen molar-refractivity contribution in [2.24, 2.45) is 35.2 Å². The fourth-order valence-corrected chi connectivity index (χ4v) is 9.26. The summed E-state index contributed by atoms with van der Waals surface area (Å²) in [4.78, 5) is 30.7. The van der Waals surface area contributed by atoms with Gasteiger partial charge in [-0.25, -0.2) is 29.9 Å². The maximum Gasteiger partial charge on any atom is 1.00 e. The maximum absolute atomic E-state index is 12.8. The van der Waals surface area contributed by atoms with Crippen molar-refractivity contribution in [3.05, 3.63) is 79.7 Å². The van der Waals surface area contributed by atoms with Crippen LogP contribution in [0.2, 0.25) is 0 Å². The molecule has 8 aromatic heterocycles. The number of alkyl halides is 9. The predicted octanol–water partition coefficient (Wildman–Crippen LogP) is 5.63. The van der Waals surface area contributed by atoms with Crippen LogP contribution in [0.3, 0.4) is 0 Å². The molecule has 0 aliphatic heterocycles. The predicted molar refractivity (Wildman–Crippen MR) is 242 cm³/mol. The van der Waals surface area contributed by atoms with Crippen LogP contribution in [-0.4, -0.2) is 74.2 Å². The molecular weight excluding hydrogens is 1280 g/mol. The molecule has 0 spiro atoms. The summed E-state index contributed by atoms with van der Waals surface area (Å²) in [5.41, 5.74) is 0.242. The molecule has 8 rings (SSSR count). The van der Waals surface area contributed by atoms with Crippen LogP contribution < -0.4 is 31.3 Å². The van der Waals surface area contributed by atoms with E-state index in [2.05, 4.69) is 112 Å². The molecular formula is C36H32Br2Cl2F9ILiN13S2Zn.